The lowest BCUT2D eigenvalue weighted by Crippen LogP contribution is -2.49. The van der Waals surface area contributed by atoms with Gasteiger partial charge in [0.2, 0.25) is 0 Å². The van der Waals surface area contributed by atoms with Gasteiger partial charge in [-0.15, -0.1) is 0 Å². The second-order valence-electron chi connectivity index (χ2n) is 6.80. The average Bonchev–Trinajstić information content (AvgIpc) is 2.79. The number of ether oxygens (including phenoxy) is 2. The lowest BCUT2D eigenvalue weighted by atomic mass is 10.1. The van der Waals surface area contributed by atoms with Crippen molar-refractivity contribution in [3.05, 3.63) is 48.0 Å². The highest BCUT2D eigenvalue weighted by Gasteiger charge is 2.22. The smallest absolute Gasteiger partial charge is 0.328 e. The number of amides is 3. The summed E-state index contributed by atoms with van der Waals surface area (Å²) in [7, 11) is 1.50. The Morgan fingerprint density at radius 1 is 1.09 bits per heavy atom. The monoisotopic (exact) mass is 474 g/mol. The average molecular weight is 474 g/mol. The number of carboxylic acid groups (broad SMARTS) is 1. The van der Waals surface area contributed by atoms with E-state index >= 15 is 0 Å². The van der Waals surface area contributed by atoms with Crippen molar-refractivity contribution in [1.29, 1.82) is 5.41 Å². The second-order valence-corrected chi connectivity index (χ2v) is 6.80. The van der Waals surface area contributed by atoms with Gasteiger partial charge in [0.05, 0.1) is 19.2 Å². The molecular formula is C21H26N6O7. The van der Waals surface area contributed by atoms with Gasteiger partial charge < -0.3 is 46.7 Å². The molecule has 0 fully saturated rings. The van der Waals surface area contributed by atoms with Crippen LogP contribution >= 0.6 is 0 Å². The number of urea groups is 1. The number of anilines is 1. The molecule has 34 heavy (non-hydrogen) atoms. The zero-order chi connectivity index (χ0) is 25.1. The number of phenolic OH excluding ortho intramolecular Hbond substituents is 1. The number of carbonyl (C=O) groups excluding carboxylic acids is 2. The molecule has 1 atom stereocenters. The minimum absolute atomic E-state index is 0.110. The van der Waals surface area contributed by atoms with E-state index in [-0.39, 0.29) is 36.2 Å². The van der Waals surface area contributed by atoms with Gasteiger partial charge in [-0.3, -0.25) is 10.2 Å². The second kappa shape index (κ2) is 12.4. The first-order valence-corrected chi connectivity index (χ1v) is 9.96. The fraction of sp³-hybridized carbons (Fsp3) is 0.238. The van der Waals surface area contributed by atoms with Crippen molar-refractivity contribution in [3.8, 4) is 17.2 Å². The largest absolute Gasteiger partial charge is 0.507 e. The number of aliphatic carboxylic acids is 1. The summed E-state index contributed by atoms with van der Waals surface area (Å²) in [6.07, 6.45) is 0. The van der Waals surface area contributed by atoms with Crippen molar-refractivity contribution in [2.75, 3.05) is 32.1 Å². The van der Waals surface area contributed by atoms with Crippen molar-refractivity contribution in [3.63, 3.8) is 0 Å². The maximum absolute atomic E-state index is 12.4. The van der Waals surface area contributed by atoms with Gasteiger partial charge in [0, 0.05) is 18.3 Å². The minimum Gasteiger partial charge on any atom is -0.507 e. The van der Waals surface area contributed by atoms with E-state index in [9.17, 15) is 24.6 Å². The van der Waals surface area contributed by atoms with E-state index in [1.807, 2.05) is 0 Å². The highest BCUT2D eigenvalue weighted by Crippen LogP contribution is 2.23. The maximum atomic E-state index is 12.4. The number of nitrogens with two attached hydrogens (primary N) is 1. The molecule has 2 aromatic carbocycles. The van der Waals surface area contributed by atoms with Crippen LogP contribution in [0.3, 0.4) is 0 Å². The molecule has 0 heterocycles. The Balaban J connectivity index is 1.89. The van der Waals surface area contributed by atoms with Gasteiger partial charge in [-0.25, -0.2) is 9.59 Å². The van der Waals surface area contributed by atoms with Crippen LogP contribution in [-0.2, 0) is 4.79 Å². The van der Waals surface area contributed by atoms with Gasteiger partial charge in [0.1, 0.15) is 29.9 Å². The number of nitrogens with one attached hydrogen (secondary N) is 5. The number of methoxy groups -OCH3 is 1. The van der Waals surface area contributed by atoms with Crippen molar-refractivity contribution in [2.45, 2.75) is 6.04 Å². The molecule has 13 heteroatoms. The predicted octanol–water partition coefficient (Wildman–Crippen LogP) is 0.267. The number of carboxylic acids is 1. The van der Waals surface area contributed by atoms with E-state index in [0.29, 0.717) is 11.4 Å². The van der Waals surface area contributed by atoms with Crippen molar-refractivity contribution in [1.82, 2.24) is 16.0 Å². The van der Waals surface area contributed by atoms with E-state index in [2.05, 4.69) is 21.3 Å². The number of rotatable bonds is 11. The summed E-state index contributed by atoms with van der Waals surface area (Å²) < 4.78 is 10.4. The summed E-state index contributed by atoms with van der Waals surface area (Å²) in [5.74, 6) is -1.83. The summed E-state index contributed by atoms with van der Waals surface area (Å²) in [6.45, 7) is 0.00166. The topological polar surface area (TPSA) is 208 Å². The SMILES string of the molecule is COc1ccc(NC(=O)N[C@@H](CNC(=O)c2ccc(OCCNC(=N)N)cc2O)C(=O)O)cc1. The van der Waals surface area contributed by atoms with Gasteiger partial charge in [0.25, 0.3) is 5.91 Å². The van der Waals surface area contributed by atoms with Gasteiger partial charge in [-0.05, 0) is 36.4 Å². The normalized spacial score (nSPS) is 11.0. The number of carbonyl (C=O) groups is 3. The van der Waals surface area contributed by atoms with Crippen LogP contribution in [0, 0.1) is 5.41 Å². The zero-order valence-corrected chi connectivity index (χ0v) is 18.3. The number of benzene rings is 2. The molecule has 182 valence electrons. The standard InChI is InChI=1S/C21H26N6O7/c1-33-13-4-2-12(3-5-13)26-21(32)27-16(19(30)31)11-25-18(29)15-7-6-14(10-17(15)28)34-9-8-24-20(22)23/h2-7,10,16,28H,8-9,11H2,1H3,(H,25,29)(H,30,31)(H4,22,23,24)(H2,26,27,32)/t16-/m0/s1. The van der Waals surface area contributed by atoms with Crippen LogP contribution in [-0.4, -0.2) is 66.9 Å². The van der Waals surface area contributed by atoms with Crippen LogP contribution in [0.4, 0.5) is 10.5 Å². The molecule has 0 aliphatic heterocycles. The summed E-state index contributed by atoms with van der Waals surface area (Å²) in [5, 5.41) is 36.2. The number of hydrogen-bond donors (Lipinski definition) is 8. The molecule has 0 saturated carbocycles. The number of aromatic hydroxyl groups is 1. The number of phenols is 1. The summed E-state index contributed by atoms with van der Waals surface area (Å²) in [6, 6.07) is 8.15. The molecule has 0 aliphatic carbocycles. The van der Waals surface area contributed by atoms with Crippen LogP contribution in [0.2, 0.25) is 0 Å². The van der Waals surface area contributed by atoms with Crippen LogP contribution in [0.25, 0.3) is 0 Å². The fourth-order valence-corrected chi connectivity index (χ4v) is 2.64. The first-order chi connectivity index (χ1) is 16.2. The Hall–Kier alpha value is -4.68. The van der Waals surface area contributed by atoms with Crippen molar-refractivity contribution < 1.29 is 34.1 Å². The van der Waals surface area contributed by atoms with Gasteiger partial charge in [-0.1, -0.05) is 0 Å². The zero-order valence-electron chi connectivity index (χ0n) is 18.3. The fourth-order valence-electron chi connectivity index (χ4n) is 2.64. The molecule has 0 radical (unpaired) electrons. The molecule has 0 unspecified atom stereocenters. The molecule has 3 amide bonds. The van der Waals surface area contributed by atoms with E-state index in [0.717, 1.165) is 0 Å². The van der Waals surface area contributed by atoms with Gasteiger partial charge in [0.15, 0.2) is 5.96 Å². The molecule has 2 rings (SSSR count). The molecule has 0 aromatic heterocycles. The third-order valence-electron chi connectivity index (χ3n) is 4.32. The van der Waals surface area contributed by atoms with Gasteiger partial charge in [-0.2, -0.15) is 0 Å². The van der Waals surface area contributed by atoms with Crippen LogP contribution in [0.15, 0.2) is 42.5 Å². The van der Waals surface area contributed by atoms with E-state index in [4.69, 9.17) is 20.6 Å². The van der Waals surface area contributed by atoms with Crippen molar-refractivity contribution in [2.24, 2.45) is 5.73 Å². The Kier molecular flexibility index (Phi) is 9.31. The number of hydrogen-bond acceptors (Lipinski definition) is 7. The molecule has 9 N–H and O–H groups in total. The van der Waals surface area contributed by atoms with E-state index in [1.54, 1.807) is 24.3 Å². The van der Waals surface area contributed by atoms with Crippen molar-refractivity contribution >= 4 is 29.6 Å². The van der Waals surface area contributed by atoms with Gasteiger partial charge >= 0.3 is 12.0 Å². The first kappa shape index (κ1) is 25.6. The first-order valence-electron chi connectivity index (χ1n) is 9.96. The Morgan fingerprint density at radius 3 is 2.35 bits per heavy atom. The van der Waals surface area contributed by atoms with E-state index in [1.165, 1.54) is 25.3 Å². The van der Waals surface area contributed by atoms with Crippen LogP contribution in [0.5, 0.6) is 17.2 Å². The van der Waals surface area contributed by atoms with Crippen LogP contribution in [0.1, 0.15) is 10.4 Å². The molecule has 2 aromatic rings. The molecular weight excluding hydrogens is 448 g/mol. The summed E-state index contributed by atoms with van der Waals surface area (Å²) >= 11 is 0. The predicted molar refractivity (Wildman–Crippen MR) is 122 cm³/mol. The lowest BCUT2D eigenvalue weighted by molar-refractivity contribution is -0.138. The maximum Gasteiger partial charge on any atom is 0.328 e. The lowest BCUT2D eigenvalue weighted by Gasteiger charge is -2.16. The number of guanidine groups is 1. The highest BCUT2D eigenvalue weighted by molar-refractivity contribution is 5.97. The summed E-state index contributed by atoms with van der Waals surface area (Å²) in [4.78, 5) is 36.0. The third-order valence-corrected chi connectivity index (χ3v) is 4.32. The Labute approximate surface area is 194 Å². The Morgan fingerprint density at radius 2 is 1.76 bits per heavy atom. The summed E-state index contributed by atoms with van der Waals surface area (Å²) in [5.41, 5.74) is 5.46. The molecule has 0 bridgehead atoms. The van der Waals surface area contributed by atoms with E-state index < -0.39 is 30.5 Å². The molecule has 0 spiro atoms. The minimum atomic E-state index is -1.43. The Bertz CT molecular complexity index is 1030. The molecule has 13 nitrogen and oxygen atoms in total. The van der Waals surface area contributed by atoms with Crippen LogP contribution < -0.4 is 36.5 Å². The third kappa shape index (κ3) is 8.11. The quantitative estimate of drug-likeness (QED) is 0.127. The highest BCUT2D eigenvalue weighted by atomic mass is 16.5. The molecule has 0 saturated heterocycles. The molecule has 0 aliphatic rings.